The number of amides is 2. The fraction of sp³-hybridized carbons (Fsp3) is 0.438. The van der Waals surface area contributed by atoms with E-state index in [1.165, 1.54) is 30.5 Å². The van der Waals surface area contributed by atoms with Gasteiger partial charge in [-0.05, 0) is 105 Å². The van der Waals surface area contributed by atoms with Gasteiger partial charge in [0.15, 0.2) is 0 Å². The summed E-state index contributed by atoms with van der Waals surface area (Å²) in [5, 5.41) is 3.14. The van der Waals surface area contributed by atoms with Crippen LogP contribution in [0.15, 0.2) is 52.9 Å². The van der Waals surface area contributed by atoms with Crippen LogP contribution in [0.25, 0.3) is 0 Å². The van der Waals surface area contributed by atoms with E-state index in [9.17, 15) is 9.59 Å². The monoisotopic (exact) mass is 511 g/mol. The molecule has 3 aliphatic rings. The minimum absolute atomic E-state index is 0.0434. The van der Waals surface area contributed by atoms with E-state index in [1.807, 2.05) is 42.2 Å². The summed E-state index contributed by atoms with van der Waals surface area (Å²) < 4.78 is 6.11. The van der Waals surface area contributed by atoms with Gasteiger partial charge in [-0.25, -0.2) is 0 Å². The zero-order chi connectivity index (χ0) is 26.2. The molecule has 2 aliphatic heterocycles. The van der Waals surface area contributed by atoms with Crippen LogP contribution >= 0.6 is 0 Å². The van der Waals surface area contributed by atoms with Gasteiger partial charge in [-0.2, -0.15) is 0 Å². The third-order valence-corrected chi connectivity index (χ3v) is 8.20. The maximum Gasteiger partial charge on any atom is 0.230 e. The van der Waals surface area contributed by atoms with Crippen LogP contribution in [-0.4, -0.2) is 31.4 Å². The Morgan fingerprint density at radius 2 is 1.76 bits per heavy atom. The molecule has 0 radical (unpaired) electrons. The van der Waals surface area contributed by atoms with Crippen molar-refractivity contribution in [3.63, 3.8) is 0 Å². The molecule has 0 spiro atoms. The fourth-order valence-electron chi connectivity index (χ4n) is 6.02. The Bertz CT molecular complexity index is 1350. The summed E-state index contributed by atoms with van der Waals surface area (Å²) in [6.45, 7) is 6.89. The summed E-state index contributed by atoms with van der Waals surface area (Å²) >= 11 is 0. The number of hydrogen-bond acceptors (Lipinski definition) is 4. The number of carbonyl (C=O) groups is 2. The molecule has 1 atom stereocenters. The minimum Gasteiger partial charge on any atom is -0.466 e. The largest absolute Gasteiger partial charge is 0.466 e. The van der Waals surface area contributed by atoms with E-state index < -0.39 is 0 Å². The maximum atomic E-state index is 13.5. The second-order valence-electron chi connectivity index (χ2n) is 11.2. The average molecular weight is 512 g/mol. The van der Waals surface area contributed by atoms with Gasteiger partial charge in [0, 0.05) is 49.0 Å². The second-order valence-corrected chi connectivity index (χ2v) is 11.2. The first-order valence-corrected chi connectivity index (χ1v) is 14.1. The molecule has 1 aliphatic carbocycles. The topological polar surface area (TPSA) is 65.8 Å². The van der Waals surface area contributed by atoms with Gasteiger partial charge >= 0.3 is 0 Å². The van der Waals surface area contributed by atoms with Gasteiger partial charge in [-0.3, -0.25) is 9.59 Å². The van der Waals surface area contributed by atoms with Crippen molar-refractivity contribution >= 4 is 28.9 Å². The molecule has 3 heterocycles. The Labute approximate surface area is 225 Å². The Morgan fingerprint density at radius 1 is 0.947 bits per heavy atom. The fourth-order valence-corrected chi connectivity index (χ4v) is 6.02. The lowest BCUT2D eigenvalue weighted by atomic mass is 9.89. The van der Waals surface area contributed by atoms with Gasteiger partial charge in [0.05, 0.1) is 5.92 Å². The minimum atomic E-state index is -0.178. The number of aryl methyl sites for hydroxylation is 2. The summed E-state index contributed by atoms with van der Waals surface area (Å²) in [4.78, 5) is 30.5. The summed E-state index contributed by atoms with van der Waals surface area (Å²) in [5.74, 6) is 1.91. The van der Waals surface area contributed by atoms with Crippen LogP contribution in [0.2, 0.25) is 0 Å². The van der Waals surface area contributed by atoms with Crippen molar-refractivity contribution in [2.24, 2.45) is 5.92 Å². The van der Waals surface area contributed by atoms with Crippen molar-refractivity contribution in [1.82, 2.24) is 0 Å². The van der Waals surface area contributed by atoms with Crippen LogP contribution in [0.1, 0.15) is 72.7 Å². The molecule has 3 aromatic rings. The number of carbonyl (C=O) groups excluding carboxylic acids is 2. The van der Waals surface area contributed by atoms with Gasteiger partial charge in [0.25, 0.3) is 0 Å². The average Bonchev–Trinajstić information content (AvgIpc) is 3.56. The smallest absolute Gasteiger partial charge is 0.230 e. The molecular formula is C32H37N3O3. The highest BCUT2D eigenvalue weighted by Crippen LogP contribution is 2.39. The molecule has 1 saturated heterocycles. The third-order valence-electron chi connectivity index (χ3n) is 8.20. The quantitative estimate of drug-likeness (QED) is 0.402. The number of piperidine rings is 1. The van der Waals surface area contributed by atoms with Gasteiger partial charge in [0.1, 0.15) is 11.5 Å². The van der Waals surface area contributed by atoms with Crippen LogP contribution in [0.3, 0.4) is 0 Å². The zero-order valence-electron chi connectivity index (χ0n) is 22.5. The summed E-state index contributed by atoms with van der Waals surface area (Å²) in [7, 11) is 0. The van der Waals surface area contributed by atoms with Crippen molar-refractivity contribution < 1.29 is 14.0 Å². The summed E-state index contributed by atoms with van der Waals surface area (Å²) in [6.07, 6.45) is 6.80. The van der Waals surface area contributed by atoms with Crippen LogP contribution in [-0.2, 0) is 16.0 Å². The molecule has 0 bridgehead atoms. The number of benzene rings is 2. The number of anilines is 3. The van der Waals surface area contributed by atoms with Crippen LogP contribution < -0.4 is 15.1 Å². The lowest BCUT2D eigenvalue weighted by Crippen LogP contribution is -2.31. The summed E-state index contributed by atoms with van der Waals surface area (Å²) in [5.41, 5.74) is 6.49. The Morgan fingerprint density at radius 3 is 2.50 bits per heavy atom. The molecule has 1 aromatic heterocycles. The van der Waals surface area contributed by atoms with E-state index >= 15 is 0 Å². The molecule has 1 N–H and O–H groups in total. The third kappa shape index (κ3) is 5.09. The lowest BCUT2D eigenvalue weighted by Gasteiger charge is -2.32. The Kier molecular flexibility index (Phi) is 6.73. The molecule has 38 heavy (non-hydrogen) atoms. The molecule has 1 saturated carbocycles. The van der Waals surface area contributed by atoms with Gasteiger partial charge in [-0.1, -0.05) is 12.1 Å². The lowest BCUT2D eigenvalue weighted by molar-refractivity contribution is -0.119. The van der Waals surface area contributed by atoms with Gasteiger partial charge in [0.2, 0.25) is 11.8 Å². The first-order chi connectivity index (χ1) is 18.5. The van der Waals surface area contributed by atoms with Gasteiger partial charge < -0.3 is 19.5 Å². The van der Waals surface area contributed by atoms with Crippen molar-refractivity contribution in [3.8, 4) is 0 Å². The van der Waals surface area contributed by atoms with Crippen LogP contribution in [0.5, 0.6) is 0 Å². The molecule has 2 aromatic carbocycles. The number of hydrogen-bond donors (Lipinski definition) is 1. The molecule has 6 nitrogen and oxygen atoms in total. The van der Waals surface area contributed by atoms with Crippen molar-refractivity contribution in [1.29, 1.82) is 0 Å². The number of fused-ring (bicyclic) bond motifs is 1. The highest BCUT2D eigenvalue weighted by Gasteiger charge is 2.36. The van der Waals surface area contributed by atoms with E-state index in [2.05, 4.69) is 35.3 Å². The van der Waals surface area contributed by atoms with E-state index in [-0.39, 0.29) is 23.7 Å². The van der Waals surface area contributed by atoms with E-state index in [0.717, 1.165) is 72.9 Å². The van der Waals surface area contributed by atoms with E-state index in [4.69, 9.17) is 4.42 Å². The summed E-state index contributed by atoms with van der Waals surface area (Å²) in [6, 6.07) is 16.5. The number of nitrogens with one attached hydrogen (secondary N) is 1. The number of furan rings is 1. The van der Waals surface area contributed by atoms with Crippen molar-refractivity contribution in [2.45, 2.75) is 64.7 Å². The number of rotatable bonds is 7. The van der Waals surface area contributed by atoms with E-state index in [1.54, 1.807) is 0 Å². The SMILES string of the molecule is Cc1ccc(C(CC(=O)Nc2ccc3c(c2)CCN3C(=O)C2CC2)c2ccc(C)o2)c(N2CCCCC2)c1. The molecule has 2 fully saturated rings. The van der Waals surface area contributed by atoms with Crippen molar-refractivity contribution in [3.05, 3.63) is 76.7 Å². The highest BCUT2D eigenvalue weighted by atomic mass is 16.3. The molecule has 6 heteroatoms. The Hall–Kier alpha value is -3.54. The first-order valence-electron chi connectivity index (χ1n) is 14.1. The standard InChI is InChI=1S/C32H37N3O3/c1-21-6-11-26(29(18-21)34-15-4-3-5-16-34)27(30-13-7-22(2)38-30)20-31(36)33-25-10-12-28-24(19-25)14-17-35(28)32(37)23-8-9-23/h6-7,10-13,18-19,23,27H,3-5,8-9,14-17,20H2,1-2H3,(H,33,36). The van der Waals surface area contributed by atoms with E-state index in [0.29, 0.717) is 6.42 Å². The van der Waals surface area contributed by atoms with Crippen molar-refractivity contribution in [2.75, 3.05) is 34.8 Å². The predicted molar refractivity (Wildman–Crippen MR) is 151 cm³/mol. The zero-order valence-corrected chi connectivity index (χ0v) is 22.5. The molecule has 2 amide bonds. The van der Waals surface area contributed by atoms with Gasteiger partial charge in [-0.15, -0.1) is 0 Å². The predicted octanol–water partition coefficient (Wildman–Crippen LogP) is 6.35. The molecule has 6 rings (SSSR count). The normalized spacial score (nSPS) is 17.8. The maximum absolute atomic E-state index is 13.5. The first kappa shape index (κ1) is 24.8. The number of nitrogens with zero attached hydrogens (tertiary/aromatic N) is 2. The van der Waals surface area contributed by atoms with Crippen LogP contribution in [0.4, 0.5) is 17.1 Å². The van der Waals surface area contributed by atoms with Crippen LogP contribution in [0, 0.1) is 19.8 Å². The second kappa shape index (κ2) is 10.3. The Balaban J connectivity index is 1.24. The molecule has 198 valence electrons. The molecular weight excluding hydrogens is 474 g/mol. The highest BCUT2D eigenvalue weighted by molar-refractivity contribution is 5.99. The molecule has 1 unspecified atom stereocenters.